The fraction of sp³-hybridized carbons (Fsp3) is 0.143. The smallest absolute Gasteiger partial charge is 0.0551 e. The molecule has 0 heterocycles. The van der Waals surface area contributed by atoms with Gasteiger partial charge in [0.15, 0.2) is 0 Å². The Hall–Kier alpha value is -0.870. The summed E-state index contributed by atoms with van der Waals surface area (Å²) in [6.45, 7) is 2.09. The highest BCUT2D eigenvalue weighted by atomic mass is 127. The Morgan fingerprint density at radius 1 is 1.00 bits per heavy atom. The third-order valence-corrected chi connectivity index (χ3v) is 3.35. The quantitative estimate of drug-likeness (QED) is 0.839. The standard InChI is InChI=1S/C14H14IN/c1-10-3-2-4-12(9-10)14(16)11-5-7-13(15)8-6-11/h2-9,14H,16H2,1H3. The first-order valence-corrected chi connectivity index (χ1v) is 6.32. The van der Waals surface area contributed by atoms with Gasteiger partial charge < -0.3 is 5.73 Å². The molecule has 0 aliphatic heterocycles. The summed E-state index contributed by atoms with van der Waals surface area (Å²) in [5, 5.41) is 0. The zero-order valence-corrected chi connectivity index (χ0v) is 11.3. The van der Waals surface area contributed by atoms with Crippen molar-refractivity contribution in [2.75, 3.05) is 0 Å². The first-order chi connectivity index (χ1) is 7.66. The van der Waals surface area contributed by atoms with Crippen LogP contribution in [0.5, 0.6) is 0 Å². The molecule has 0 spiro atoms. The molecule has 0 radical (unpaired) electrons. The van der Waals surface area contributed by atoms with Crippen molar-refractivity contribution >= 4 is 22.6 Å². The zero-order chi connectivity index (χ0) is 11.5. The molecule has 2 aromatic carbocycles. The summed E-state index contributed by atoms with van der Waals surface area (Å²) < 4.78 is 1.23. The first kappa shape index (κ1) is 11.6. The summed E-state index contributed by atoms with van der Waals surface area (Å²) in [5.74, 6) is 0. The Morgan fingerprint density at radius 2 is 1.69 bits per heavy atom. The average Bonchev–Trinajstić information content (AvgIpc) is 2.29. The molecule has 2 rings (SSSR count). The van der Waals surface area contributed by atoms with Crippen molar-refractivity contribution < 1.29 is 0 Å². The van der Waals surface area contributed by atoms with Gasteiger partial charge in [-0.1, -0.05) is 42.0 Å². The van der Waals surface area contributed by atoms with E-state index in [0.717, 1.165) is 5.56 Å². The molecule has 0 aliphatic rings. The van der Waals surface area contributed by atoms with Gasteiger partial charge in [0.05, 0.1) is 6.04 Å². The Bertz CT molecular complexity index is 476. The highest BCUT2D eigenvalue weighted by Gasteiger charge is 2.08. The van der Waals surface area contributed by atoms with Crippen LogP contribution in [0, 0.1) is 10.5 Å². The molecule has 0 saturated heterocycles. The van der Waals surface area contributed by atoms with Gasteiger partial charge in [0.2, 0.25) is 0 Å². The Kier molecular flexibility index (Phi) is 3.61. The van der Waals surface area contributed by atoms with Crippen molar-refractivity contribution in [3.8, 4) is 0 Å². The van der Waals surface area contributed by atoms with Crippen molar-refractivity contribution in [1.29, 1.82) is 0 Å². The van der Waals surface area contributed by atoms with E-state index in [0.29, 0.717) is 0 Å². The Labute approximate surface area is 110 Å². The molecular weight excluding hydrogens is 309 g/mol. The van der Waals surface area contributed by atoms with Crippen LogP contribution in [0.4, 0.5) is 0 Å². The fourth-order valence-corrected chi connectivity index (χ4v) is 2.09. The average molecular weight is 323 g/mol. The lowest BCUT2D eigenvalue weighted by Gasteiger charge is -2.13. The third-order valence-electron chi connectivity index (χ3n) is 2.63. The van der Waals surface area contributed by atoms with E-state index in [4.69, 9.17) is 5.73 Å². The van der Waals surface area contributed by atoms with Gasteiger partial charge in [-0.05, 0) is 52.8 Å². The molecule has 1 nitrogen and oxygen atoms in total. The number of aryl methyl sites for hydroxylation is 1. The number of rotatable bonds is 2. The zero-order valence-electron chi connectivity index (χ0n) is 9.15. The maximum atomic E-state index is 6.23. The van der Waals surface area contributed by atoms with Gasteiger partial charge in [0.25, 0.3) is 0 Å². The highest BCUT2D eigenvalue weighted by molar-refractivity contribution is 14.1. The minimum Gasteiger partial charge on any atom is -0.320 e. The van der Waals surface area contributed by atoms with Crippen LogP contribution in [0.25, 0.3) is 0 Å². The van der Waals surface area contributed by atoms with Crippen LogP contribution in [0.3, 0.4) is 0 Å². The molecule has 0 aliphatic carbocycles. The molecule has 0 amide bonds. The number of hydrogen-bond acceptors (Lipinski definition) is 1. The number of benzene rings is 2. The summed E-state index contributed by atoms with van der Waals surface area (Å²) in [5.41, 5.74) is 9.81. The molecule has 1 unspecified atom stereocenters. The van der Waals surface area contributed by atoms with Gasteiger partial charge in [-0.25, -0.2) is 0 Å². The molecule has 0 aromatic heterocycles. The third kappa shape index (κ3) is 2.62. The Morgan fingerprint density at radius 3 is 2.31 bits per heavy atom. The van der Waals surface area contributed by atoms with Crippen molar-refractivity contribution in [2.24, 2.45) is 5.73 Å². The fourth-order valence-electron chi connectivity index (χ4n) is 1.73. The van der Waals surface area contributed by atoms with Crippen LogP contribution >= 0.6 is 22.6 Å². The van der Waals surface area contributed by atoms with E-state index >= 15 is 0 Å². The van der Waals surface area contributed by atoms with E-state index < -0.39 is 0 Å². The molecule has 0 fully saturated rings. The molecule has 16 heavy (non-hydrogen) atoms. The SMILES string of the molecule is Cc1cccc(C(N)c2ccc(I)cc2)c1. The second kappa shape index (κ2) is 4.97. The van der Waals surface area contributed by atoms with Crippen molar-refractivity contribution in [3.05, 3.63) is 68.8 Å². The van der Waals surface area contributed by atoms with Gasteiger partial charge in [-0.2, -0.15) is 0 Å². The van der Waals surface area contributed by atoms with Crippen molar-refractivity contribution in [3.63, 3.8) is 0 Å². The van der Waals surface area contributed by atoms with E-state index in [2.05, 4.69) is 78.0 Å². The van der Waals surface area contributed by atoms with Crippen molar-refractivity contribution in [1.82, 2.24) is 0 Å². The molecule has 2 heteroatoms. The molecule has 0 saturated carbocycles. The minimum atomic E-state index is -0.0306. The largest absolute Gasteiger partial charge is 0.320 e. The van der Waals surface area contributed by atoms with Gasteiger partial charge in [-0.3, -0.25) is 0 Å². The van der Waals surface area contributed by atoms with E-state index in [1.807, 2.05) is 0 Å². The lowest BCUT2D eigenvalue weighted by atomic mass is 9.98. The molecule has 1 atom stereocenters. The van der Waals surface area contributed by atoms with Gasteiger partial charge in [0, 0.05) is 3.57 Å². The Balaban J connectivity index is 2.31. The van der Waals surface area contributed by atoms with Crippen LogP contribution < -0.4 is 5.73 Å². The topological polar surface area (TPSA) is 26.0 Å². The van der Waals surface area contributed by atoms with E-state index in [1.165, 1.54) is 14.7 Å². The molecule has 82 valence electrons. The predicted octanol–water partition coefficient (Wildman–Crippen LogP) is 3.65. The van der Waals surface area contributed by atoms with Gasteiger partial charge in [0.1, 0.15) is 0 Å². The van der Waals surface area contributed by atoms with Crippen LogP contribution in [0.1, 0.15) is 22.7 Å². The second-order valence-electron chi connectivity index (χ2n) is 3.94. The van der Waals surface area contributed by atoms with E-state index in [1.54, 1.807) is 0 Å². The van der Waals surface area contributed by atoms with E-state index in [-0.39, 0.29) is 6.04 Å². The summed E-state index contributed by atoms with van der Waals surface area (Å²) in [4.78, 5) is 0. The predicted molar refractivity (Wildman–Crippen MR) is 76.4 cm³/mol. The number of halogens is 1. The normalized spacial score (nSPS) is 12.4. The summed E-state index contributed by atoms with van der Waals surface area (Å²) >= 11 is 2.30. The molecule has 0 bridgehead atoms. The monoisotopic (exact) mass is 323 g/mol. The lowest BCUT2D eigenvalue weighted by Crippen LogP contribution is -2.11. The summed E-state index contributed by atoms with van der Waals surface area (Å²) in [6, 6.07) is 16.7. The first-order valence-electron chi connectivity index (χ1n) is 5.24. The molecule has 2 aromatic rings. The van der Waals surface area contributed by atoms with Gasteiger partial charge >= 0.3 is 0 Å². The molecular formula is C14H14IN. The van der Waals surface area contributed by atoms with Crippen LogP contribution in [0.2, 0.25) is 0 Å². The van der Waals surface area contributed by atoms with E-state index in [9.17, 15) is 0 Å². The summed E-state index contributed by atoms with van der Waals surface area (Å²) in [6.07, 6.45) is 0. The minimum absolute atomic E-state index is 0.0306. The second-order valence-corrected chi connectivity index (χ2v) is 5.19. The lowest BCUT2D eigenvalue weighted by molar-refractivity contribution is 0.869. The van der Waals surface area contributed by atoms with Crippen LogP contribution in [0.15, 0.2) is 48.5 Å². The molecule has 2 N–H and O–H groups in total. The van der Waals surface area contributed by atoms with Gasteiger partial charge in [-0.15, -0.1) is 0 Å². The number of nitrogens with two attached hydrogens (primary N) is 1. The number of hydrogen-bond donors (Lipinski definition) is 1. The summed E-state index contributed by atoms with van der Waals surface area (Å²) in [7, 11) is 0. The van der Waals surface area contributed by atoms with Crippen molar-refractivity contribution in [2.45, 2.75) is 13.0 Å². The van der Waals surface area contributed by atoms with Crippen LogP contribution in [-0.2, 0) is 0 Å². The van der Waals surface area contributed by atoms with Crippen LogP contribution in [-0.4, -0.2) is 0 Å². The highest BCUT2D eigenvalue weighted by Crippen LogP contribution is 2.21. The maximum Gasteiger partial charge on any atom is 0.0551 e. The maximum absolute atomic E-state index is 6.23.